The molecule has 6 heteroatoms. The van der Waals surface area contributed by atoms with Crippen LogP contribution >= 0.6 is 0 Å². The second kappa shape index (κ2) is 6.32. The van der Waals surface area contributed by atoms with Crippen LogP contribution in [0.1, 0.15) is 28.9 Å². The Kier molecular flexibility index (Phi) is 4.23. The normalized spacial score (nSPS) is 13.8. The third-order valence-electron chi connectivity index (χ3n) is 4.19. The molecule has 0 saturated heterocycles. The first-order chi connectivity index (χ1) is 11.1. The molecule has 3 N–H and O–H groups in total. The monoisotopic (exact) mass is 315 g/mol. The number of benzene rings is 1. The van der Waals surface area contributed by atoms with Gasteiger partial charge in [-0.2, -0.15) is 0 Å². The minimum absolute atomic E-state index is 0.115. The Morgan fingerprint density at radius 2 is 2.13 bits per heavy atom. The van der Waals surface area contributed by atoms with E-state index < -0.39 is 0 Å². The van der Waals surface area contributed by atoms with Crippen LogP contribution in [0.2, 0.25) is 0 Å². The fourth-order valence-corrected chi connectivity index (χ4v) is 2.73. The quantitative estimate of drug-likeness (QED) is 0.757. The molecule has 0 spiro atoms. The molecule has 1 aromatic carbocycles. The predicted octanol–water partition coefficient (Wildman–Crippen LogP) is 1.60. The first-order valence-corrected chi connectivity index (χ1v) is 7.82. The van der Waals surface area contributed by atoms with E-state index in [0.717, 1.165) is 35.1 Å². The molecule has 1 heterocycles. The minimum atomic E-state index is -0.163. The lowest BCUT2D eigenvalue weighted by Crippen LogP contribution is -2.27. The molecule has 1 aliphatic rings. The van der Waals surface area contributed by atoms with Crippen LogP contribution in [0.4, 0.5) is 0 Å². The largest absolute Gasteiger partial charge is 0.497 e. The van der Waals surface area contributed by atoms with Gasteiger partial charge in [-0.05, 0) is 43.0 Å². The number of aromatic nitrogens is 1. The third-order valence-corrected chi connectivity index (χ3v) is 4.19. The molecule has 1 aromatic heterocycles. The predicted molar refractivity (Wildman–Crippen MR) is 87.7 cm³/mol. The number of hydrogen-bond acceptors (Lipinski definition) is 3. The van der Waals surface area contributed by atoms with Crippen molar-refractivity contribution >= 4 is 22.7 Å². The molecule has 2 aromatic rings. The summed E-state index contributed by atoms with van der Waals surface area (Å²) in [5.41, 5.74) is 2.32. The standard InChI is InChI=1S/C17H21N3O3/c1-18-17(22)15-12(7-8-19-16(21)10-3-4-10)13-9-11(23-2)5-6-14(13)20-15/h5-6,9-10,20H,3-4,7-8H2,1-2H3,(H,18,22)(H,19,21). The zero-order valence-corrected chi connectivity index (χ0v) is 13.4. The Bertz CT molecular complexity index is 747. The number of nitrogens with one attached hydrogen (secondary N) is 3. The summed E-state index contributed by atoms with van der Waals surface area (Å²) in [5.74, 6) is 0.882. The van der Waals surface area contributed by atoms with Gasteiger partial charge in [0.1, 0.15) is 11.4 Å². The maximum Gasteiger partial charge on any atom is 0.267 e. The van der Waals surface area contributed by atoms with E-state index in [2.05, 4.69) is 15.6 Å². The van der Waals surface area contributed by atoms with Crippen molar-refractivity contribution in [2.45, 2.75) is 19.3 Å². The zero-order valence-electron chi connectivity index (χ0n) is 13.4. The van der Waals surface area contributed by atoms with E-state index in [-0.39, 0.29) is 17.7 Å². The highest BCUT2D eigenvalue weighted by Gasteiger charge is 2.29. The summed E-state index contributed by atoms with van der Waals surface area (Å²) in [5, 5.41) is 6.54. The summed E-state index contributed by atoms with van der Waals surface area (Å²) in [4.78, 5) is 27.0. The second-order valence-corrected chi connectivity index (χ2v) is 5.78. The first kappa shape index (κ1) is 15.4. The number of carbonyl (C=O) groups is 2. The van der Waals surface area contributed by atoms with Crippen molar-refractivity contribution in [1.82, 2.24) is 15.6 Å². The van der Waals surface area contributed by atoms with Gasteiger partial charge in [-0.1, -0.05) is 0 Å². The third kappa shape index (κ3) is 3.16. The van der Waals surface area contributed by atoms with Crippen molar-refractivity contribution in [3.8, 4) is 5.75 Å². The van der Waals surface area contributed by atoms with Crippen LogP contribution in [-0.4, -0.2) is 37.5 Å². The molecule has 2 amide bonds. The molecular formula is C17H21N3O3. The molecule has 1 fully saturated rings. The molecule has 0 unspecified atom stereocenters. The number of amides is 2. The maximum absolute atomic E-state index is 12.1. The first-order valence-electron chi connectivity index (χ1n) is 7.82. The van der Waals surface area contributed by atoms with Gasteiger partial charge < -0.3 is 20.4 Å². The number of carbonyl (C=O) groups excluding carboxylic acids is 2. The summed E-state index contributed by atoms with van der Waals surface area (Å²) in [6.07, 6.45) is 2.56. The highest BCUT2D eigenvalue weighted by molar-refractivity contribution is 6.01. The molecule has 0 bridgehead atoms. The lowest BCUT2D eigenvalue weighted by Gasteiger charge is -2.06. The van der Waals surface area contributed by atoms with Crippen LogP contribution in [0.15, 0.2) is 18.2 Å². The van der Waals surface area contributed by atoms with Gasteiger partial charge in [-0.15, -0.1) is 0 Å². The van der Waals surface area contributed by atoms with Gasteiger partial charge in [-0.25, -0.2) is 0 Å². The molecule has 6 nitrogen and oxygen atoms in total. The van der Waals surface area contributed by atoms with Gasteiger partial charge >= 0.3 is 0 Å². The summed E-state index contributed by atoms with van der Waals surface area (Å²) >= 11 is 0. The summed E-state index contributed by atoms with van der Waals surface area (Å²) in [6.45, 7) is 0.517. The summed E-state index contributed by atoms with van der Waals surface area (Å²) in [7, 11) is 3.22. The van der Waals surface area contributed by atoms with Gasteiger partial charge in [0, 0.05) is 30.4 Å². The number of rotatable bonds is 6. The number of methoxy groups -OCH3 is 1. The van der Waals surface area contributed by atoms with Gasteiger partial charge in [0.15, 0.2) is 0 Å². The Balaban J connectivity index is 1.87. The van der Waals surface area contributed by atoms with E-state index in [1.54, 1.807) is 14.2 Å². The van der Waals surface area contributed by atoms with E-state index in [1.807, 2.05) is 18.2 Å². The molecule has 0 aliphatic heterocycles. The number of aromatic amines is 1. The molecule has 122 valence electrons. The van der Waals surface area contributed by atoms with Crippen molar-refractivity contribution in [1.29, 1.82) is 0 Å². The van der Waals surface area contributed by atoms with E-state index in [9.17, 15) is 9.59 Å². The van der Waals surface area contributed by atoms with Gasteiger partial charge in [0.05, 0.1) is 7.11 Å². The fraction of sp³-hybridized carbons (Fsp3) is 0.412. The molecule has 1 aliphatic carbocycles. The number of ether oxygens (including phenoxy) is 1. The lowest BCUT2D eigenvalue weighted by molar-refractivity contribution is -0.122. The van der Waals surface area contributed by atoms with Crippen LogP contribution in [0.25, 0.3) is 10.9 Å². The zero-order chi connectivity index (χ0) is 16.4. The van der Waals surface area contributed by atoms with Crippen molar-refractivity contribution in [2.24, 2.45) is 5.92 Å². The number of fused-ring (bicyclic) bond motifs is 1. The van der Waals surface area contributed by atoms with Gasteiger partial charge in [0.2, 0.25) is 5.91 Å². The average molecular weight is 315 g/mol. The highest BCUT2D eigenvalue weighted by atomic mass is 16.5. The van der Waals surface area contributed by atoms with Crippen LogP contribution < -0.4 is 15.4 Å². The van der Waals surface area contributed by atoms with Gasteiger partial charge in [0.25, 0.3) is 5.91 Å². The smallest absolute Gasteiger partial charge is 0.267 e. The van der Waals surface area contributed by atoms with E-state index in [4.69, 9.17) is 4.74 Å². The molecular weight excluding hydrogens is 294 g/mol. The van der Waals surface area contributed by atoms with E-state index in [0.29, 0.717) is 18.7 Å². The molecule has 23 heavy (non-hydrogen) atoms. The van der Waals surface area contributed by atoms with E-state index >= 15 is 0 Å². The number of hydrogen-bond donors (Lipinski definition) is 3. The maximum atomic E-state index is 12.1. The molecule has 0 radical (unpaired) electrons. The topological polar surface area (TPSA) is 83.2 Å². The SMILES string of the molecule is CNC(=O)c1[nH]c2ccc(OC)cc2c1CCNC(=O)C1CC1. The molecule has 0 atom stereocenters. The summed E-state index contributed by atoms with van der Waals surface area (Å²) in [6, 6.07) is 5.66. The summed E-state index contributed by atoms with van der Waals surface area (Å²) < 4.78 is 5.27. The second-order valence-electron chi connectivity index (χ2n) is 5.78. The lowest BCUT2D eigenvalue weighted by atomic mass is 10.1. The van der Waals surface area contributed by atoms with Crippen molar-refractivity contribution in [2.75, 3.05) is 20.7 Å². The van der Waals surface area contributed by atoms with Crippen LogP contribution in [-0.2, 0) is 11.2 Å². The Hall–Kier alpha value is -2.50. The van der Waals surface area contributed by atoms with Crippen molar-refractivity contribution in [3.05, 3.63) is 29.5 Å². The molecule has 1 saturated carbocycles. The average Bonchev–Trinajstić information content (AvgIpc) is 3.36. The van der Waals surface area contributed by atoms with E-state index in [1.165, 1.54) is 0 Å². The molecule has 3 rings (SSSR count). The van der Waals surface area contributed by atoms with Crippen LogP contribution in [0, 0.1) is 5.92 Å². The number of H-pyrrole nitrogens is 1. The van der Waals surface area contributed by atoms with Crippen molar-refractivity contribution < 1.29 is 14.3 Å². The van der Waals surface area contributed by atoms with Crippen LogP contribution in [0.5, 0.6) is 5.75 Å². The Morgan fingerprint density at radius 3 is 2.78 bits per heavy atom. The Labute approximate surface area is 134 Å². The van der Waals surface area contributed by atoms with Crippen LogP contribution in [0.3, 0.4) is 0 Å². The van der Waals surface area contributed by atoms with Crippen molar-refractivity contribution in [3.63, 3.8) is 0 Å². The highest BCUT2D eigenvalue weighted by Crippen LogP contribution is 2.29. The minimum Gasteiger partial charge on any atom is -0.497 e. The van der Waals surface area contributed by atoms with Gasteiger partial charge in [-0.3, -0.25) is 9.59 Å². The Morgan fingerprint density at radius 1 is 1.35 bits per heavy atom. The fourth-order valence-electron chi connectivity index (χ4n) is 2.73.